The molecule has 3 rings (SSSR count). The van der Waals surface area contributed by atoms with Gasteiger partial charge in [-0.1, -0.05) is 41.9 Å². The van der Waals surface area contributed by atoms with E-state index in [-0.39, 0.29) is 0 Å². The highest BCUT2D eigenvalue weighted by Gasteiger charge is 2.30. The molecule has 168 valence electrons. The van der Waals surface area contributed by atoms with Crippen molar-refractivity contribution in [2.24, 2.45) is 0 Å². The Morgan fingerprint density at radius 2 is 1.72 bits per heavy atom. The predicted molar refractivity (Wildman–Crippen MR) is 129 cm³/mol. The van der Waals surface area contributed by atoms with Gasteiger partial charge in [-0.25, -0.2) is 8.42 Å². The molecule has 3 aromatic carbocycles. The SMILES string of the molecule is Cc1ccc(C)c(N([C@@H](C)C(=O)Nc2cc(Cl)ccc2Oc2ccccc2)S(C)(=O)=O)c1. The maximum absolute atomic E-state index is 13.2. The maximum atomic E-state index is 13.2. The van der Waals surface area contributed by atoms with Crippen LogP contribution in [0.15, 0.2) is 66.7 Å². The molecular weight excluding hydrogens is 448 g/mol. The second kappa shape index (κ2) is 9.63. The van der Waals surface area contributed by atoms with Crippen molar-refractivity contribution in [3.63, 3.8) is 0 Å². The first kappa shape index (κ1) is 23.6. The second-order valence-electron chi connectivity index (χ2n) is 7.57. The van der Waals surface area contributed by atoms with Crippen LogP contribution >= 0.6 is 11.6 Å². The summed E-state index contributed by atoms with van der Waals surface area (Å²) in [6.45, 7) is 5.22. The highest BCUT2D eigenvalue weighted by atomic mass is 35.5. The highest BCUT2D eigenvalue weighted by Crippen LogP contribution is 2.33. The lowest BCUT2D eigenvalue weighted by Gasteiger charge is -2.30. The summed E-state index contributed by atoms with van der Waals surface area (Å²) in [5, 5.41) is 3.18. The number of ether oxygens (including phenoxy) is 1. The molecule has 3 aromatic rings. The quantitative estimate of drug-likeness (QED) is 0.489. The van der Waals surface area contributed by atoms with Gasteiger partial charge in [0, 0.05) is 5.02 Å². The van der Waals surface area contributed by atoms with Gasteiger partial charge in [-0.2, -0.15) is 0 Å². The number of hydrogen-bond donors (Lipinski definition) is 1. The van der Waals surface area contributed by atoms with Gasteiger partial charge in [0.15, 0.2) is 5.75 Å². The minimum atomic E-state index is -3.75. The van der Waals surface area contributed by atoms with Crippen molar-refractivity contribution in [2.75, 3.05) is 15.9 Å². The largest absolute Gasteiger partial charge is 0.455 e. The number of aryl methyl sites for hydroxylation is 2. The Balaban J connectivity index is 1.93. The van der Waals surface area contributed by atoms with Crippen LogP contribution < -0.4 is 14.4 Å². The minimum absolute atomic E-state index is 0.340. The van der Waals surface area contributed by atoms with E-state index >= 15 is 0 Å². The van der Waals surface area contributed by atoms with Crippen LogP contribution in [0.3, 0.4) is 0 Å². The smallest absolute Gasteiger partial charge is 0.248 e. The summed E-state index contributed by atoms with van der Waals surface area (Å²) >= 11 is 6.14. The molecule has 1 amide bonds. The van der Waals surface area contributed by atoms with E-state index in [1.54, 1.807) is 50.2 Å². The predicted octanol–water partition coefficient (Wildman–Crippen LogP) is 5.54. The van der Waals surface area contributed by atoms with Gasteiger partial charge in [-0.3, -0.25) is 9.10 Å². The molecule has 0 heterocycles. The fraction of sp³-hybridized carbons (Fsp3) is 0.208. The first-order chi connectivity index (χ1) is 15.1. The van der Waals surface area contributed by atoms with Crippen LogP contribution in [0.2, 0.25) is 5.02 Å². The molecule has 0 spiro atoms. The summed E-state index contributed by atoms with van der Waals surface area (Å²) in [6.07, 6.45) is 1.09. The third kappa shape index (κ3) is 5.60. The molecule has 0 radical (unpaired) electrons. The molecule has 1 atom stereocenters. The molecule has 6 nitrogen and oxygen atoms in total. The number of amides is 1. The number of benzene rings is 3. The van der Waals surface area contributed by atoms with Crippen molar-refractivity contribution in [2.45, 2.75) is 26.8 Å². The Hall–Kier alpha value is -3.03. The first-order valence-electron chi connectivity index (χ1n) is 9.96. The molecule has 1 N–H and O–H groups in total. The summed E-state index contributed by atoms with van der Waals surface area (Å²) in [4.78, 5) is 13.2. The molecule has 0 aliphatic carbocycles. The van der Waals surface area contributed by atoms with E-state index in [0.717, 1.165) is 21.7 Å². The number of halogens is 1. The third-order valence-corrected chi connectivity index (χ3v) is 6.32. The van der Waals surface area contributed by atoms with Crippen molar-refractivity contribution in [3.05, 3.63) is 82.9 Å². The molecule has 0 saturated heterocycles. The highest BCUT2D eigenvalue weighted by molar-refractivity contribution is 7.92. The Bertz CT molecular complexity index is 1230. The number of anilines is 2. The fourth-order valence-electron chi connectivity index (χ4n) is 3.28. The van der Waals surface area contributed by atoms with Gasteiger partial charge in [-0.05, 0) is 68.3 Å². The van der Waals surface area contributed by atoms with Crippen molar-refractivity contribution < 1.29 is 17.9 Å². The van der Waals surface area contributed by atoms with E-state index in [1.165, 1.54) is 0 Å². The number of carbonyl (C=O) groups excluding carboxylic acids is 1. The van der Waals surface area contributed by atoms with E-state index in [1.807, 2.05) is 37.3 Å². The van der Waals surface area contributed by atoms with Gasteiger partial charge in [-0.15, -0.1) is 0 Å². The zero-order valence-electron chi connectivity index (χ0n) is 18.3. The summed E-state index contributed by atoms with van der Waals surface area (Å²) in [5.74, 6) is 0.460. The molecule has 0 unspecified atom stereocenters. The molecule has 0 aliphatic heterocycles. The number of sulfonamides is 1. The average Bonchev–Trinajstić information content (AvgIpc) is 2.72. The molecule has 32 heavy (non-hydrogen) atoms. The monoisotopic (exact) mass is 472 g/mol. The Labute approximate surface area is 193 Å². The van der Waals surface area contributed by atoms with Gasteiger partial charge in [0.25, 0.3) is 0 Å². The van der Waals surface area contributed by atoms with E-state index < -0.39 is 22.0 Å². The maximum Gasteiger partial charge on any atom is 0.248 e. The summed E-state index contributed by atoms with van der Waals surface area (Å²) in [5.41, 5.74) is 2.44. The van der Waals surface area contributed by atoms with Gasteiger partial charge in [0.1, 0.15) is 11.8 Å². The van der Waals surface area contributed by atoms with E-state index in [0.29, 0.717) is 27.9 Å². The van der Waals surface area contributed by atoms with Gasteiger partial charge < -0.3 is 10.1 Å². The number of rotatable bonds is 7. The van der Waals surface area contributed by atoms with Crippen molar-refractivity contribution in [3.8, 4) is 11.5 Å². The molecule has 0 saturated carbocycles. The molecule has 0 aliphatic rings. The topological polar surface area (TPSA) is 75.7 Å². The Morgan fingerprint density at radius 1 is 1.03 bits per heavy atom. The van der Waals surface area contributed by atoms with Crippen LogP contribution in [0.5, 0.6) is 11.5 Å². The number of carbonyl (C=O) groups is 1. The van der Waals surface area contributed by atoms with Gasteiger partial charge in [0.05, 0.1) is 17.6 Å². The number of hydrogen-bond acceptors (Lipinski definition) is 4. The van der Waals surface area contributed by atoms with E-state index in [4.69, 9.17) is 16.3 Å². The van der Waals surface area contributed by atoms with E-state index in [2.05, 4.69) is 5.32 Å². The zero-order valence-corrected chi connectivity index (χ0v) is 19.9. The molecular formula is C24H25ClN2O4S. The van der Waals surface area contributed by atoms with Crippen LogP contribution in [0.4, 0.5) is 11.4 Å². The first-order valence-corrected chi connectivity index (χ1v) is 12.2. The lowest BCUT2D eigenvalue weighted by molar-refractivity contribution is -0.116. The number of nitrogens with one attached hydrogen (secondary N) is 1. The van der Waals surface area contributed by atoms with Crippen LogP contribution in [-0.2, 0) is 14.8 Å². The van der Waals surface area contributed by atoms with Crippen LogP contribution in [0, 0.1) is 13.8 Å². The summed E-state index contributed by atoms with van der Waals surface area (Å²) in [7, 11) is -3.75. The lowest BCUT2D eigenvalue weighted by Crippen LogP contribution is -2.45. The van der Waals surface area contributed by atoms with Crippen molar-refractivity contribution in [1.29, 1.82) is 0 Å². The minimum Gasteiger partial charge on any atom is -0.455 e. The summed E-state index contributed by atoms with van der Waals surface area (Å²) in [6, 6.07) is 18.4. The molecule has 0 fully saturated rings. The van der Waals surface area contributed by atoms with Crippen LogP contribution in [-0.4, -0.2) is 26.6 Å². The van der Waals surface area contributed by atoms with Gasteiger partial charge >= 0.3 is 0 Å². The molecule has 8 heteroatoms. The van der Waals surface area contributed by atoms with E-state index in [9.17, 15) is 13.2 Å². The lowest BCUT2D eigenvalue weighted by atomic mass is 10.1. The van der Waals surface area contributed by atoms with Gasteiger partial charge in [0.2, 0.25) is 15.9 Å². The average molecular weight is 473 g/mol. The third-order valence-electron chi connectivity index (χ3n) is 4.86. The second-order valence-corrected chi connectivity index (χ2v) is 9.87. The number of para-hydroxylation sites is 1. The molecule has 0 aromatic heterocycles. The normalized spacial score (nSPS) is 12.2. The standard InChI is InChI=1S/C24H25ClN2O4S/c1-16-10-11-17(2)22(14-16)27(32(4,29)30)18(3)24(28)26-21-15-19(25)12-13-23(21)31-20-8-6-5-7-9-20/h5-15,18H,1-4H3,(H,26,28)/t18-/m0/s1. The fourth-order valence-corrected chi connectivity index (χ4v) is 4.68. The zero-order chi connectivity index (χ0) is 23.5. The Morgan fingerprint density at radius 3 is 2.38 bits per heavy atom. The molecule has 0 bridgehead atoms. The van der Waals surface area contributed by atoms with Crippen molar-refractivity contribution in [1.82, 2.24) is 0 Å². The van der Waals surface area contributed by atoms with Crippen molar-refractivity contribution >= 4 is 38.9 Å². The van der Waals surface area contributed by atoms with Crippen LogP contribution in [0.1, 0.15) is 18.1 Å². The van der Waals surface area contributed by atoms with Crippen LogP contribution in [0.25, 0.3) is 0 Å². The Kier molecular flexibility index (Phi) is 7.11. The summed E-state index contributed by atoms with van der Waals surface area (Å²) < 4.78 is 32.3. The number of nitrogens with zero attached hydrogens (tertiary/aromatic N) is 1.